The Morgan fingerprint density at radius 1 is 1.60 bits per heavy atom. The van der Waals surface area contributed by atoms with Crippen molar-refractivity contribution in [3.63, 3.8) is 0 Å². The van der Waals surface area contributed by atoms with Crippen LogP contribution in [0.3, 0.4) is 0 Å². The summed E-state index contributed by atoms with van der Waals surface area (Å²) in [6.45, 7) is 10.0. The number of hydrogen-bond acceptors (Lipinski definition) is 2. The molecule has 2 heteroatoms. The maximum Gasteiger partial charge on any atom is 0.0632 e. The number of aliphatic hydroxyl groups excluding tert-OH is 1. The molecular formula is C8H15NO. The van der Waals surface area contributed by atoms with E-state index in [-0.39, 0.29) is 12.6 Å². The normalized spacial score (nSPS) is 12.2. The van der Waals surface area contributed by atoms with Crippen LogP contribution in [-0.4, -0.2) is 29.2 Å². The molecule has 0 heterocycles. The van der Waals surface area contributed by atoms with Crippen molar-refractivity contribution < 1.29 is 5.11 Å². The van der Waals surface area contributed by atoms with Gasteiger partial charge in [0.05, 0.1) is 6.61 Å². The first kappa shape index (κ1) is 9.24. The Balaban J connectivity index is 3.78. The van der Waals surface area contributed by atoms with E-state index in [9.17, 15) is 0 Å². The van der Waals surface area contributed by atoms with Crippen molar-refractivity contribution in [2.24, 2.45) is 0 Å². The van der Waals surface area contributed by atoms with Gasteiger partial charge in [-0.2, -0.15) is 0 Å². The van der Waals surface area contributed by atoms with Gasteiger partial charge in [-0.25, -0.2) is 0 Å². The van der Waals surface area contributed by atoms with Crippen molar-refractivity contribution in [3.05, 3.63) is 25.4 Å². The van der Waals surface area contributed by atoms with E-state index in [2.05, 4.69) is 13.2 Å². The third-order valence-corrected chi connectivity index (χ3v) is 1.40. The van der Waals surface area contributed by atoms with Gasteiger partial charge in [-0.05, 0) is 13.1 Å². The number of hydrogen-bond donors (Lipinski definition) is 1. The van der Waals surface area contributed by atoms with Crippen LogP contribution in [0.4, 0.5) is 0 Å². The maximum absolute atomic E-state index is 8.74. The van der Waals surface area contributed by atoms with E-state index in [1.54, 1.807) is 12.3 Å². The quantitative estimate of drug-likeness (QED) is 0.577. The fraction of sp³-hybridized carbons (Fsp3) is 0.500. The largest absolute Gasteiger partial charge is 0.394 e. The molecule has 0 spiro atoms. The highest BCUT2D eigenvalue weighted by atomic mass is 16.3. The molecule has 0 saturated heterocycles. The zero-order valence-corrected chi connectivity index (χ0v) is 6.45. The summed E-state index contributed by atoms with van der Waals surface area (Å²) in [6, 6.07) is 0.135. The van der Waals surface area contributed by atoms with Gasteiger partial charge in [0.2, 0.25) is 0 Å². The predicted molar refractivity (Wildman–Crippen MR) is 43.6 cm³/mol. The summed E-state index contributed by atoms with van der Waals surface area (Å²) >= 11 is 0. The Bertz CT molecular complexity index is 112. The van der Waals surface area contributed by atoms with Gasteiger partial charge in [0.15, 0.2) is 0 Å². The summed E-state index contributed by atoms with van der Waals surface area (Å²) in [7, 11) is 0. The topological polar surface area (TPSA) is 23.5 Å². The van der Waals surface area contributed by atoms with Crippen molar-refractivity contribution in [2.45, 2.75) is 13.0 Å². The van der Waals surface area contributed by atoms with Crippen LogP contribution in [0.15, 0.2) is 25.4 Å². The van der Waals surface area contributed by atoms with Gasteiger partial charge in [0.1, 0.15) is 0 Å². The van der Waals surface area contributed by atoms with Gasteiger partial charge >= 0.3 is 0 Å². The molecule has 0 aromatic heterocycles. The predicted octanol–water partition coefficient (Wildman–Crippen LogP) is 0.999. The lowest BCUT2D eigenvalue weighted by molar-refractivity contribution is 0.186. The monoisotopic (exact) mass is 141 g/mol. The van der Waals surface area contributed by atoms with Crippen LogP contribution >= 0.6 is 0 Å². The second-order valence-electron chi connectivity index (χ2n) is 2.20. The van der Waals surface area contributed by atoms with Crippen LogP contribution in [0.1, 0.15) is 6.92 Å². The first-order chi connectivity index (χ1) is 4.76. The summed E-state index contributed by atoms with van der Waals surface area (Å²) in [4.78, 5) is 1.92. The van der Waals surface area contributed by atoms with Gasteiger partial charge in [-0.1, -0.05) is 12.7 Å². The van der Waals surface area contributed by atoms with Crippen molar-refractivity contribution in [3.8, 4) is 0 Å². The summed E-state index contributed by atoms with van der Waals surface area (Å²) in [5.74, 6) is 0. The molecule has 0 fully saturated rings. The van der Waals surface area contributed by atoms with Crippen LogP contribution in [-0.2, 0) is 0 Å². The molecule has 2 nitrogen and oxygen atoms in total. The molecule has 0 aliphatic rings. The van der Waals surface area contributed by atoms with Crippen molar-refractivity contribution >= 4 is 0 Å². The van der Waals surface area contributed by atoms with Gasteiger partial charge in [0.25, 0.3) is 0 Å². The van der Waals surface area contributed by atoms with E-state index >= 15 is 0 Å². The van der Waals surface area contributed by atoms with Crippen molar-refractivity contribution in [2.75, 3.05) is 13.2 Å². The second-order valence-corrected chi connectivity index (χ2v) is 2.20. The molecule has 0 aromatic rings. The molecule has 0 rings (SSSR count). The number of aliphatic hydroxyl groups is 1. The standard InChI is InChI=1S/C8H15NO/c1-4-6-9(5-2)8(3)7-10/h4-5,8,10H,1-2,6-7H2,3H3/t8-/m0/s1. The molecule has 1 N–H and O–H groups in total. The average Bonchev–Trinajstić information content (AvgIpc) is 1.99. The highest BCUT2D eigenvalue weighted by molar-refractivity contribution is 4.83. The molecule has 0 aliphatic heterocycles. The molecule has 58 valence electrons. The van der Waals surface area contributed by atoms with E-state index in [0.717, 1.165) is 6.54 Å². The van der Waals surface area contributed by atoms with Gasteiger partial charge in [0, 0.05) is 12.6 Å². The first-order valence-corrected chi connectivity index (χ1v) is 3.36. The van der Waals surface area contributed by atoms with Crippen LogP contribution in [0.2, 0.25) is 0 Å². The fourth-order valence-corrected chi connectivity index (χ4v) is 0.688. The van der Waals surface area contributed by atoms with E-state index < -0.39 is 0 Å². The minimum absolute atomic E-state index is 0.135. The molecule has 0 unspecified atom stereocenters. The van der Waals surface area contributed by atoms with Crippen LogP contribution in [0.5, 0.6) is 0 Å². The lowest BCUT2D eigenvalue weighted by Gasteiger charge is -2.23. The molecule has 0 radical (unpaired) electrons. The first-order valence-electron chi connectivity index (χ1n) is 3.36. The minimum atomic E-state index is 0.135. The second kappa shape index (κ2) is 5.06. The molecule has 0 aliphatic carbocycles. The lowest BCUT2D eigenvalue weighted by Crippen LogP contribution is -2.30. The maximum atomic E-state index is 8.74. The third-order valence-electron chi connectivity index (χ3n) is 1.40. The Morgan fingerprint density at radius 2 is 2.20 bits per heavy atom. The zero-order chi connectivity index (χ0) is 7.98. The lowest BCUT2D eigenvalue weighted by atomic mass is 10.3. The summed E-state index contributed by atoms with van der Waals surface area (Å²) in [6.07, 6.45) is 3.50. The van der Waals surface area contributed by atoms with Crippen LogP contribution in [0, 0.1) is 0 Å². The van der Waals surface area contributed by atoms with Crippen molar-refractivity contribution in [1.82, 2.24) is 4.90 Å². The fourth-order valence-electron chi connectivity index (χ4n) is 0.688. The molecular weight excluding hydrogens is 126 g/mol. The van der Waals surface area contributed by atoms with Crippen LogP contribution < -0.4 is 0 Å². The summed E-state index contributed by atoms with van der Waals surface area (Å²) in [5.41, 5.74) is 0. The molecule has 0 aromatic carbocycles. The smallest absolute Gasteiger partial charge is 0.0632 e. The third kappa shape index (κ3) is 2.69. The van der Waals surface area contributed by atoms with E-state index in [1.165, 1.54) is 0 Å². The molecule has 0 saturated carbocycles. The number of nitrogens with zero attached hydrogens (tertiary/aromatic N) is 1. The Labute approximate surface area is 62.5 Å². The highest BCUT2D eigenvalue weighted by Crippen LogP contribution is 1.97. The SMILES string of the molecule is C=CCN(C=C)[C@@H](C)CO. The van der Waals surface area contributed by atoms with E-state index in [1.807, 2.05) is 11.8 Å². The molecule has 0 amide bonds. The van der Waals surface area contributed by atoms with Crippen LogP contribution in [0.25, 0.3) is 0 Å². The summed E-state index contributed by atoms with van der Waals surface area (Å²) in [5, 5.41) is 8.74. The molecule has 0 bridgehead atoms. The van der Waals surface area contributed by atoms with E-state index in [0.29, 0.717) is 0 Å². The van der Waals surface area contributed by atoms with Gasteiger partial charge < -0.3 is 10.0 Å². The Hall–Kier alpha value is -0.760. The molecule has 1 atom stereocenters. The number of rotatable bonds is 5. The summed E-state index contributed by atoms with van der Waals surface area (Å²) < 4.78 is 0. The van der Waals surface area contributed by atoms with Gasteiger partial charge in [-0.15, -0.1) is 6.58 Å². The molecule has 10 heavy (non-hydrogen) atoms. The highest BCUT2D eigenvalue weighted by Gasteiger charge is 2.04. The average molecular weight is 141 g/mol. The van der Waals surface area contributed by atoms with E-state index in [4.69, 9.17) is 5.11 Å². The Kier molecular flexibility index (Phi) is 4.67. The minimum Gasteiger partial charge on any atom is -0.394 e. The Morgan fingerprint density at radius 3 is 2.50 bits per heavy atom. The van der Waals surface area contributed by atoms with Crippen molar-refractivity contribution in [1.29, 1.82) is 0 Å². The van der Waals surface area contributed by atoms with Gasteiger partial charge in [-0.3, -0.25) is 0 Å². The zero-order valence-electron chi connectivity index (χ0n) is 6.45.